The number of phenolic OH excluding ortho intramolecular Hbond substituents is 1. The zero-order valence-electron chi connectivity index (χ0n) is 14.3. The van der Waals surface area contributed by atoms with Gasteiger partial charge in [0.1, 0.15) is 17.1 Å². The molecule has 1 aromatic rings. The largest absolute Gasteiger partial charge is 0.507 e. The van der Waals surface area contributed by atoms with E-state index >= 15 is 0 Å². The molecule has 1 N–H and O–H groups in total. The molecule has 3 rings (SSSR count). The normalized spacial score (nSPS) is 25.7. The van der Waals surface area contributed by atoms with E-state index in [4.69, 9.17) is 4.74 Å². The number of hydrogen-bond acceptors (Lipinski definition) is 2. The van der Waals surface area contributed by atoms with Crippen LogP contribution in [0.25, 0.3) is 0 Å². The van der Waals surface area contributed by atoms with Crippen LogP contribution in [0.4, 0.5) is 0 Å². The molecule has 0 amide bonds. The van der Waals surface area contributed by atoms with Gasteiger partial charge in [0, 0.05) is 17.4 Å². The Morgan fingerprint density at radius 3 is 2.82 bits per heavy atom. The lowest BCUT2D eigenvalue weighted by atomic mass is 9.68. The van der Waals surface area contributed by atoms with Crippen LogP contribution in [0.3, 0.4) is 0 Å². The maximum absolute atomic E-state index is 10.6. The van der Waals surface area contributed by atoms with E-state index in [0.717, 1.165) is 43.4 Å². The molecule has 2 atom stereocenters. The van der Waals surface area contributed by atoms with Crippen molar-refractivity contribution in [1.29, 1.82) is 0 Å². The molecule has 22 heavy (non-hydrogen) atoms. The number of rotatable bonds is 3. The second-order valence-electron chi connectivity index (χ2n) is 7.52. The van der Waals surface area contributed by atoms with Gasteiger partial charge in [0.05, 0.1) is 0 Å². The molecular weight excluding hydrogens is 272 g/mol. The van der Waals surface area contributed by atoms with Crippen LogP contribution in [0.2, 0.25) is 0 Å². The number of ether oxygens (including phenoxy) is 1. The number of benzene rings is 1. The highest BCUT2D eigenvalue weighted by Crippen LogP contribution is 2.53. The summed E-state index contributed by atoms with van der Waals surface area (Å²) in [4.78, 5) is 0. The van der Waals surface area contributed by atoms with Crippen LogP contribution in [0.1, 0.15) is 70.4 Å². The van der Waals surface area contributed by atoms with Crippen LogP contribution < -0.4 is 4.74 Å². The number of fused-ring (bicyclic) bond motifs is 3. The topological polar surface area (TPSA) is 29.5 Å². The van der Waals surface area contributed by atoms with E-state index in [1.807, 2.05) is 6.07 Å². The maximum atomic E-state index is 10.6. The molecule has 2 aliphatic rings. The van der Waals surface area contributed by atoms with Crippen molar-refractivity contribution in [2.75, 3.05) is 0 Å². The minimum atomic E-state index is -0.176. The number of unbranched alkanes of at least 4 members (excludes halogenated alkanes) is 1. The van der Waals surface area contributed by atoms with Crippen LogP contribution in [0.5, 0.6) is 11.5 Å². The molecule has 2 heteroatoms. The van der Waals surface area contributed by atoms with E-state index in [0.29, 0.717) is 11.7 Å². The minimum absolute atomic E-state index is 0.176. The summed E-state index contributed by atoms with van der Waals surface area (Å²) >= 11 is 0. The first-order valence-corrected chi connectivity index (χ1v) is 8.64. The lowest BCUT2D eigenvalue weighted by Gasteiger charge is -2.46. The highest BCUT2D eigenvalue weighted by atomic mass is 16.5. The molecule has 2 nitrogen and oxygen atoms in total. The molecule has 0 fully saturated rings. The van der Waals surface area contributed by atoms with Crippen molar-refractivity contribution in [1.82, 2.24) is 0 Å². The van der Waals surface area contributed by atoms with E-state index in [9.17, 15) is 5.11 Å². The Morgan fingerprint density at radius 2 is 2.09 bits per heavy atom. The Morgan fingerprint density at radius 1 is 1.32 bits per heavy atom. The molecule has 0 aromatic heterocycles. The van der Waals surface area contributed by atoms with Crippen molar-refractivity contribution in [2.24, 2.45) is 5.92 Å². The summed E-state index contributed by atoms with van der Waals surface area (Å²) in [6, 6.07) is 4.10. The third kappa shape index (κ3) is 2.64. The first kappa shape index (κ1) is 15.5. The van der Waals surface area contributed by atoms with Crippen LogP contribution >= 0.6 is 0 Å². The number of aryl methyl sites for hydroxylation is 1. The van der Waals surface area contributed by atoms with Crippen LogP contribution in [0.15, 0.2) is 23.8 Å². The molecule has 2 unspecified atom stereocenters. The number of hydrogen-bond donors (Lipinski definition) is 1. The van der Waals surface area contributed by atoms with Crippen molar-refractivity contribution >= 4 is 0 Å². The lowest BCUT2D eigenvalue weighted by Crippen LogP contribution is -2.45. The Hall–Kier alpha value is -1.44. The molecular formula is C20H28O2. The minimum Gasteiger partial charge on any atom is -0.507 e. The zero-order valence-corrected chi connectivity index (χ0v) is 14.3. The van der Waals surface area contributed by atoms with Crippen molar-refractivity contribution in [2.45, 2.75) is 71.3 Å². The fraction of sp³-hybridized carbons (Fsp3) is 0.600. The number of aromatic hydroxyl groups is 1. The van der Waals surface area contributed by atoms with Gasteiger partial charge in [0.15, 0.2) is 0 Å². The number of allylic oxidation sites excluding steroid dienone is 2. The molecule has 120 valence electrons. The van der Waals surface area contributed by atoms with E-state index in [2.05, 4.69) is 39.8 Å². The average molecular weight is 300 g/mol. The van der Waals surface area contributed by atoms with Gasteiger partial charge in [-0.3, -0.25) is 0 Å². The molecule has 1 heterocycles. The highest BCUT2D eigenvalue weighted by Gasteiger charge is 2.45. The Kier molecular flexibility index (Phi) is 3.96. The molecule has 0 saturated carbocycles. The van der Waals surface area contributed by atoms with Crippen LogP contribution in [-0.2, 0) is 6.42 Å². The third-order valence-corrected chi connectivity index (χ3v) is 5.35. The zero-order chi connectivity index (χ0) is 15.9. The fourth-order valence-corrected chi connectivity index (χ4v) is 4.10. The fourth-order valence-electron chi connectivity index (χ4n) is 4.10. The van der Waals surface area contributed by atoms with Crippen LogP contribution in [0, 0.1) is 5.92 Å². The summed E-state index contributed by atoms with van der Waals surface area (Å²) in [5, 5.41) is 10.6. The average Bonchev–Trinajstić information content (AvgIpc) is 2.43. The van der Waals surface area contributed by atoms with E-state index < -0.39 is 0 Å². The second-order valence-corrected chi connectivity index (χ2v) is 7.52. The molecule has 1 aliphatic carbocycles. The van der Waals surface area contributed by atoms with E-state index in [1.165, 1.54) is 11.1 Å². The monoisotopic (exact) mass is 300 g/mol. The number of phenols is 1. The van der Waals surface area contributed by atoms with Gasteiger partial charge in [0.2, 0.25) is 0 Å². The molecule has 1 aliphatic heterocycles. The van der Waals surface area contributed by atoms with Gasteiger partial charge in [-0.2, -0.15) is 0 Å². The van der Waals surface area contributed by atoms with E-state index in [-0.39, 0.29) is 11.5 Å². The van der Waals surface area contributed by atoms with Crippen LogP contribution in [-0.4, -0.2) is 10.7 Å². The second kappa shape index (κ2) is 5.64. The molecule has 0 saturated heterocycles. The Bertz CT molecular complexity index is 598. The van der Waals surface area contributed by atoms with Crippen molar-refractivity contribution in [3.05, 3.63) is 34.9 Å². The van der Waals surface area contributed by atoms with Gasteiger partial charge in [-0.25, -0.2) is 0 Å². The quantitative estimate of drug-likeness (QED) is 0.763. The highest BCUT2D eigenvalue weighted by molar-refractivity contribution is 5.53. The first-order valence-electron chi connectivity index (χ1n) is 8.64. The SMILES string of the molecule is CCCCc1cc(O)c2c(c1)OC(C)(C)C1CCC(C)=CC21. The Labute approximate surface area is 134 Å². The third-order valence-electron chi connectivity index (χ3n) is 5.35. The van der Waals surface area contributed by atoms with Crippen molar-refractivity contribution < 1.29 is 9.84 Å². The van der Waals surface area contributed by atoms with Gasteiger partial charge >= 0.3 is 0 Å². The summed E-state index contributed by atoms with van der Waals surface area (Å²) in [5.41, 5.74) is 3.44. The lowest BCUT2D eigenvalue weighted by molar-refractivity contribution is 0.0107. The van der Waals surface area contributed by atoms with Gasteiger partial charge in [-0.15, -0.1) is 0 Å². The smallest absolute Gasteiger partial charge is 0.127 e. The summed E-state index contributed by atoms with van der Waals surface area (Å²) < 4.78 is 6.34. The summed E-state index contributed by atoms with van der Waals surface area (Å²) in [5.74, 6) is 2.03. The predicted octanol–water partition coefficient (Wildman–Crippen LogP) is 5.35. The predicted molar refractivity (Wildman–Crippen MR) is 90.6 cm³/mol. The van der Waals surface area contributed by atoms with Gasteiger partial charge in [-0.05, 0) is 64.2 Å². The van der Waals surface area contributed by atoms with E-state index in [1.54, 1.807) is 0 Å². The van der Waals surface area contributed by atoms with Gasteiger partial charge in [-0.1, -0.05) is 25.0 Å². The maximum Gasteiger partial charge on any atom is 0.127 e. The summed E-state index contributed by atoms with van der Waals surface area (Å²) in [7, 11) is 0. The van der Waals surface area contributed by atoms with Crippen molar-refractivity contribution in [3.8, 4) is 11.5 Å². The first-order chi connectivity index (χ1) is 10.4. The van der Waals surface area contributed by atoms with Crippen molar-refractivity contribution in [3.63, 3.8) is 0 Å². The standard InChI is InChI=1S/C20H28O2/c1-5-6-7-14-11-17(21)19-15-10-13(2)8-9-16(15)20(3,4)22-18(19)12-14/h10-12,15-16,21H,5-9H2,1-4H3. The molecule has 0 spiro atoms. The molecule has 0 bridgehead atoms. The summed E-state index contributed by atoms with van der Waals surface area (Å²) in [6.07, 6.45) is 7.94. The Balaban J connectivity index is 2.06. The van der Waals surface area contributed by atoms with Gasteiger partial charge < -0.3 is 9.84 Å². The molecule has 0 radical (unpaired) electrons. The molecule has 1 aromatic carbocycles. The van der Waals surface area contributed by atoms with Gasteiger partial charge in [0.25, 0.3) is 0 Å². The summed E-state index contributed by atoms with van der Waals surface area (Å²) in [6.45, 7) is 8.78.